The Kier molecular flexibility index (Phi) is 3.15. The van der Waals surface area contributed by atoms with Crippen molar-refractivity contribution in [2.75, 3.05) is 12.8 Å². The van der Waals surface area contributed by atoms with Gasteiger partial charge in [0, 0.05) is 4.88 Å². The Hall–Kier alpha value is -2.34. The molecular weight excluding hydrogens is 279 g/mol. The summed E-state index contributed by atoms with van der Waals surface area (Å²) in [4.78, 5) is 0.865. The standard InChI is InChI=1S/C14H11FN2O2S/c1-18-9-5-2-4-8(15)11(9)13-12(14(16)19-17-13)10-6-3-7-20-10/h2-7H,16H2,1H3. The van der Waals surface area contributed by atoms with E-state index in [9.17, 15) is 4.39 Å². The highest BCUT2D eigenvalue weighted by atomic mass is 32.1. The molecule has 0 unspecified atom stereocenters. The third-order valence-electron chi connectivity index (χ3n) is 2.92. The van der Waals surface area contributed by atoms with Crippen LogP contribution in [0, 0.1) is 5.82 Å². The van der Waals surface area contributed by atoms with E-state index in [0.29, 0.717) is 17.0 Å². The van der Waals surface area contributed by atoms with Gasteiger partial charge in [-0.3, -0.25) is 0 Å². The van der Waals surface area contributed by atoms with Crippen LogP contribution in [0.3, 0.4) is 0 Å². The fourth-order valence-corrected chi connectivity index (χ4v) is 2.81. The molecule has 0 atom stereocenters. The van der Waals surface area contributed by atoms with Crippen LogP contribution in [-0.2, 0) is 0 Å². The second kappa shape index (κ2) is 4.97. The van der Waals surface area contributed by atoms with Crippen LogP contribution in [0.15, 0.2) is 40.2 Å². The Labute approximate surface area is 118 Å². The Morgan fingerprint density at radius 1 is 1.25 bits per heavy atom. The van der Waals surface area contributed by atoms with Crippen molar-refractivity contribution in [1.82, 2.24) is 5.16 Å². The number of halogens is 1. The molecule has 102 valence electrons. The van der Waals surface area contributed by atoms with Crippen LogP contribution in [-0.4, -0.2) is 12.3 Å². The van der Waals surface area contributed by atoms with Crippen LogP contribution < -0.4 is 10.5 Å². The molecule has 0 radical (unpaired) electrons. The van der Waals surface area contributed by atoms with Crippen LogP contribution in [0.25, 0.3) is 21.7 Å². The van der Waals surface area contributed by atoms with Gasteiger partial charge in [0.2, 0.25) is 5.88 Å². The number of methoxy groups -OCH3 is 1. The summed E-state index contributed by atoms with van der Waals surface area (Å²) in [6.45, 7) is 0. The number of ether oxygens (including phenoxy) is 1. The third kappa shape index (κ3) is 1.94. The summed E-state index contributed by atoms with van der Waals surface area (Å²) in [5, 5.41) is 5.80. The number of aromatic nitrogens is 1. The molecule has 3 aromatic rings. The van der Waals surface area contributed by atoms with Crippen LogP contribution in [0.1, 0.15) is 0 Å². The van der Waals surface area contributed by atoms with E-state index in [4.69, 9.17) is 15.0 Å². The van der Waals surface area contributed by atoms with Crippen molar-refractivity contribution in [3.63, 3.8) is 0 Å². The lowest BCUT2D eigenvalue weighted by molar-refractivity contribution is 0.410. The van der Waals surface area contributed by atoms with Crippen molar-refractivity contribution < 1.29 is 13.7 Å². The summed E-state index contributed by atoms with van der Waals surface area (Å²) in [5.41, 5.74) is 7.01. The highest BCUT2D eigenvalue weighted by Gasteiger charge is 2.23. The molecular formula is C14H11FN2O2S. The lowest BCUT2D eigenvalue weighted by Crippen LogP contribution is -1.93. The highest BCUT2D eigenvalue weighted by Crippen LogP contribution is 2.42. The van der Waals surface area contributed by atoms with E-state index >= 15 is 0 Å². The molecule has 0 aliphatic carbocycles. The minimum Gasteiger partial charge on any atom is -0.496 e. The van der Waals surface area contributed by atoms with Crippen molar-refractivity contribution in [1.29, 1.82) is 0 Å². The molecule has 0 saturated heterocycles. The van der Waals surface area contributed by atoms with Crippen molar-refractivity contribution in [2.24, 2.45) is 0 Å². The summed E-state index contributed by atoms with van der Waals surface area (Å²) >= 11 is 1.48. The Balaban J connectivity index is 2.27. The van der Waals surface area contributed by atoms with Gasteiger partial charge < -0.3 is 15.0 Å². The molecule has 2 heterocycles. The molecule has 4 nitrogen and oxygen atoms in total. The van der Waals surface area contributed by atoms with Crippen molar-refractivity contribution in [3.8, 4) is 27.4 Å². The third-order valence-corrected chi connectivity index (χ3v) is 3.81. The van der Waals surface area contributed by atoms with Crippen LogP contribution >= 0.6 is 11.3 Å². The van der Waals surface area contributed by atoms with Gasteiger partial charge in [-0.1, -0.05) is 17.3 Å². The maximum absolute atomic E-state index is 14.2. The largest absolute Gasteiger partial charge is 0.496 e. The molecule has 0 spiro atoms. The molecule has 2 N–H and O–H groups in total. The zero-order chi connectivity index (χ0) is 14.1. The number of nitrogens with zero attached hydrogens (tertiary/aromatic N) is 1. The number of nitrogen functional groups attached to an aromatic ring is 1. The molecule has 0 aliphatic heterocycles. The fraction of sp³-hybridized carbons (Fsp3) is 0.0714. The molecule has 2 aromatic heterocycles. The molecule has 1 aromatic carbocycles. The molecule has 0 fully saturated rings. The minimum absolute atomic E-state index is 0.160. The number of rotatable bonds is 3. The first-order valence-electron chi connectivity index (χ1n) is 5.84. The van der Waals surface area contributed by atoms with Crippen molar-refractivity contribution in [2.45, 2.75) is 0 Å². The van der Waals surface area contributed by atoms with Gasteiger partial charge in [0.1, 0.15) is 17.3 Å². The topological polar surface area (TPSA) is 61.3 Å². The monoisotopic (exact) mass is 290 g/mol. The van der Waals surface area contributed by atoms with Gasteiger partial charge in [0.15, 0.2) is 0 Å². The van der Waals surface area contributed by atoms with E-state index in [-0.39, 0.29) is 11.4 Å². The molecule has 0 saturated carbocycles. The van der Waals surface area contributed by atoms with Crippen molar-refractivity contribution >= 4 is 17.2 Å². The molecule has 3 rings (SSSR count). The van der Waals surface area contributed by atoms with E-state index in [1.807, 2.05) is 17.5 Å². The molecule has 0 aliphatic rings. The SMILES string of the molecule is COc1cccc(F)c1-c1noc(N)c1-c1cccs1. The first-order valence-corrected chi connectivity index (χ1v) is 6.72. The van der Waals surface area contributed by atoms with Gasteiger partial charge in [0.25, 0.3) is 0 Å². The lowest BCUT2D eigenvalue weighted by atomic mass is 10.0. The summed E-state index contributed by atoms with van der Waals surface area (Å²) in [5.74, 6) is 0.110. The van der Waals surface area contributed by atoms with Gasteiger partial charge in [-0.2, -0.15) is 0 Å². The summed E-state index contributed by atoms with van der Waals surface area (Å²) in [6, 6.07) is 8.35. The number of anilines is 1. The van der Waals surface area contributed by atoms with E-state index in [1.54, 1.807) is 12.1 Å². The first kappa shape index (κ1) is 12.7. The maximum Gasteiger partial charge on any atom is 0.231 e. The zero-order valence-corrected chi connectivity index (χ0v) is 11.4. The van der Waals surface area contributed by atoms with E-state index in [1.165, 1.54) is 24.5 Å². The lowest BCUT2D eigenvalue weighted by Gasteiger charge is -2.08. The quantitative estimate of drug-likeness (QED) is 0.797. The van der Waals surface area contributed by atoms with Crippen LogP contribution in [0.2, 0.25) is 0 Å². The number of hydrogen-bond acceptors (Lipinski definition) is 5. The first-order chi connectivity index (χ1) is 9.72. The van der Waals surface area contributed by atoms with Gasteiger partial charge in [-0.25, -0.2) is 4.39 Å². The minimum atomic E-state index is -0.435. The van der Waals surface area contributed by atoms with E-state index < -0.39 is 5.82 Å². The second-order valence-corrected chi connectivity index (χ2v) is 5.01. The summed E-state index contributed by atoms with van der Waals surface area (Å²) in [7, 11) is 1.48. The predicted octanol–water partition coefficient (Wildman–Crippen LogP) is 3.80. The number of nitrogens with two attached hydrogens (primary N) is 1. The zero-order valence-electron chi connectivity index (χ0n) is 10.6. The molecule has 0 bridgehead atoms. The maximum atomic E-state index is 14.2. The highest BCUT2D eigenvalue weighted by molar-refractivity contribution is 7.13. The molecule has 20 heavy (non-hydrogen) atoms. The molecule has 6 heteroatoms. The normalized spacial score (nSPS) is 10.7. The summed E-state index contributed by atoms with van der Waals surface area (Å²) in [6.07, 6.45) is 0. The Morgan fingerprint density at radius 3 is 2.80 bits per heavy atom. The van der Waals surface area contributed by atoms with Crippen molar-refractivity contribution in [3.05, 3.63) is 41.5 Å². The van der Waals surface area contributed by atoms with E-state index in [2.05, 4.69) is 5.16 Å². The summed E-state index contributed by atoms with van der Waals surface area (Å²) < 4.78 is 24.4. The van der Waals surface area contributed by atoms with Crippen LogP contribution in [0.4, 0.5) is 10.3 Å². The van der Waals surface area contributed by atoms with Gasteiger partial charge >= 0.3 is 0 Å². The van der Waals surface area contributed by atoms with E-state index in [0.717, 1.165) is 4.88 Å². The molecule has 0 amide bonds. The Morgan fingerprint density at radius 2 is 2.10 bits per heavy atom. The fourth-order valence-electron chi connectivity index (χ4n) is 2.04. The van der Waals surface area contributed by atoms with Gasteiger partial charge in [-0.15, -0.1) is 11.3 Å². The van der Waals surface area contributed by atoms with Gasteiger partial charge in [0.05, 0.1) is 18.2 Å². The van der Waals surface area contributed by atoms with Crippen LogP contribution in [0.5, 0.6) is 5.75 Å². The average molecular weight is 290 g/mol. The van der Waals surface area contributed by atoms with Gasteiger partial charge in [-0.05, 0) is 23.6 Å². The number of hydrogen-bond donors (Lipinski definition) is 1. The average Bonchev–Trinajstić information content (AvgIpc) is 3.07. The number of thiophene rings is 1. The predicted molar refractivity (Wildman–Crippen MR) is 76.2 cm³/mol. The second-order valence-electron chi connectivity index (χ2n) is 4.06. The number of benzene rings is 1. The smallest absolute Gasteiger partial charge is 0.231 e. The Bertz CT molecular complexity index is 738.